The molecule has 0 aliphatic heterocycles. The van der Waals surface area contributed by atoms with Crippen molar-refractivity contribution in [2.45, 2.75) is 65.7 Å². The van der Waals surface area contributed by atoms with Gasteiger partial charge in [0.05, 0.1) is 0 Å². The van der Waals surface area contributed by atoms with E-state index in [2.05, 4.69) is 58.9 Å². The molecule has 1 aromatic heterocycles. The number of sulfone groups is 1. The van der Waals surface area contributed by atoms with Crippen LogP contribution < -0.4 is 0 Å². The highest BCUT2D eigenvalue weighted by Crippen LogP contribution is 2.37. The molecule has 1 atom stereocenters. The van der Waals surface area contributed by atoms with Gasteiger partial charge in [-0.05, 0) is 36.8 Å². The Morgan fingerprint density at radius 2 is 1.64 bits per heavy atom. The van der Waals surface area contributed by atoms with Crippen LogP contribution in [0.15, 0.2) is 40.2 Å². The van der Waals surface area contributed by atoms with Crippen LogP contribution in [0.1, 0.15) is 81.1 Å². The van der Waals surface area contributed by atoms with Crippen molar-refractivity contribution in [2.75, 3.05) is 6.26 Å². The van der Waals surface area contributed by atoms with E-state index in [1.165, 1.54) is 17.2 Å². The summed E-state index contributed by atoms with van der Waals surface area (Å²) in [6.07, 6.45) is 5.78. The molecule has 4 heteroatoms. The Bertz CT molecular complexity index is 887. The number of hydrogen-bond acceptors (Lipinski definition) is 3. The van der Waals surface area contributed by atoms with Crippen LogP contribution in [-0.4, -0.2) is 14.7 Å². The molecule has 28 heavy (non-hydrogen) atoms. The van der Waals surface area contributed by atoms with Gasteiger partial charge in [-0.15, -0.1) is 0 Å². The maximum atomic E-state index is 11.8. The number of benzene rings is 1. The number of hydrogen-bond donors (Lipinski definition) is 0. The summed E-state index contributed by atoms with van der Waals surface area (Å²) in [6.45, 7) is 10.8. The summed E-state index contributed by atoms with van der Waals surface area (Å²) in [7, 11) is -3.20. The summed E-state index contributed by atoms with van der Waals surface area (Å²) in [6, 6.07) is 10.4. The fourth-order valence-corrected chi connectivity index (χ4v) is 3.88. The molecule has 2 aromatic rings. The van der Waals surface area contributed by atoms with Crippen LogP contribution in [0.2, 0.25) is 0 Å². The first kappa shape index (κ1) is 22.5. The molecule has 0 spiro atoms. The van der Waals surface area contributed by atoms with Crippen LogP contribution in [-0.2, 0) is 22.7 Å². The average molecular weight is 403 g/mol. The van der Waals surface area contributed by atoms with E-state index in [-0.39, 0.29) is 11.8 Å². The maximum absolute atomic E-state index is 11.8. The normalized spacial score (nSPS) is 13.7. The molecule has 1 unspecified atom stereocenters. The Morgan fingerprint density at radius 1 is 1.00 bits per heavy atom. The highest BCUT2D eigenvalue weighted by molar-refractivity contribution is 7.93. The van der Waals surface area contributed by atoms with E-state index in [0.29, 0.717) is 5.92 Å². The Kier molecular flexibility index (Phi) is 7.70. The van der Waals surface area contributed by atoms with Crippen LogP contribution in [0.3, 0.4) is 0 Å². The van der Waals surface area contributed by atoms with Gasteiger partial charge in [-0.1, -0.05) is 65.0 Å². The molecule has 1 aromatic carbocycles. The molecule has 0 N–H and O–H groups in total. The Morgan fingerprint density at radius 3 is 2.18 bits per heavy atom. The first-order valence-corrected chi connectivity index (χ1v) is 12.1. The van der Waals surface area contributed by atoms with Crippen LogP contribution in [0.25, 0.3) is 6.08 Å². The minimum Gasteiger partial charge on any atom is -0.465 e. The second-order valence-corrected chi connectivity index (χ2v) is 10.5. The zero-order chi connectivity index (χ0) is 20.9. The van der Waals surface area contributed by atoms with Crippen LogP contribution in [0.4, 0.5) is 0 Å². The summed E-state index contributed by atoms with van der Waals surface area (Å²) in [4.78, 5) is 0. The molecule has 0 fully saturated rings. The van der Waals surface area contributed by atoms with Crippen molar-refractivity contribution in [2.24, 2.45) is 5.92 Å². The van der Waals surface area contributed by atoms with E-state index in [1.807, 2.05) is 6.07 Å². The van der Waals surface area contributed by atoms with Crippen LogP contribution in [0.5, 0.6) is 0 Å². The van der Waals surface area contributed by atoms with Gasteiger partial charge in [-0.3, -0.25) is 0 Å². The minimum absolute atomic E-state index is 0.206. The highest BCUT2D eigenvalue weighted by atomic mass is 32.2. The molecule has 0 bridgehead atoms. The van der Waals surface area contributed by atoms with Gasteiger partial charge < -0.3 is 4.42 Å². The van der Waals surface area contributed by atoms with E-state index >= 15 is 0 Å². The molecule has 1 heterocycles. The van der Waals surface area contributed by atoms with Gasteiger partial charge in [0.2, 0.25) is 0 Å². The lowest BCUT2D eigenvalue weighted by Crippen LogP contribution is -2.01. The van der Waals surface area contributed by atoms with E-state index in [4.69, 9.17) is 4.42 Å². The molecule has 0 radical (unpaired) electrons. The summed E-state index contributed by atoms with van der Waals surface area (Å²) < 4.78 is 29.9. The standard InChI is InChI=1S/C24H34O3S/c1-17(2)16-22-21(14-15-28(6,25)26)24(27-23(22)18(3)4)19(5)12-13-20-10-8-7-9-11-20/h7-11,14-15,17-19H,12-13,16H2,1-6H3/b15-14+. The molecule has 0 aliphatic rings. The van der Waals surface area contributed by atoms with Crippen molar-refractivity contribution in [3.8, 4) is 0 Å². The van der Waals surface area contributed by atoms with E-state index in [1.54, 1.807) is 6.08 Å². The molecule has 2 rings (SSSR count). The minimum atomic E-state index is -3.20. The molecule has 154 valence electrons. The fourth-order valence-electron chi connectivity index (χ4n) is 3.50. The van der Waals surface area contributed by atoms with E-state index in [9.17, 15) is 8.42 Å². The third kappa shape index (κ3) is 6.37. The van der Waals surface area contributed by atoms with Gasteiger partial charge in [0.15, 0.2) is 9.84 Å². The largest absolute Gasteiger partial charge is 0.465 e. The highest BCUT2D eigenvalue weighted by Gasteiger charge is 2.24. The van der Waals surface area contributed by atoms with Crippen molar-refractivity contribution < 1.29 is 12.8 Å². The SMILES string of the molecule is CC(C)Cc1c(C(C)C)oc(C(C)CCc2ccccc2)c1/C=C/S(C)(=O)=O. The smallest absolute Gasteiger partial charge is 0.168 e. The van der Waals surface area contributed by atoms with Crippen molar-refractivity contribution in [3.05, 3.63) is 64.0 Å². The molecule has 0 aliphatic carbocycles. The lowest BCUT2D eigenvalue weighted by molar-refractivity contribution is 0.412. The Hall–Kier alpha value is -1.81. The molecular weight excluding hydrogens is 368 g/mol. The first-order valence-electron chi connectivity index (χ1n) is 10.2. The molecule has 0 amide bonds. The number of aryl methyl sites for hydroxylation is 1. The monoisotopic (exact) mass is 402 g/mol. The predicted octanol–water partition coefficient (Wildman–Crippen LogP) is 6.35. The summed E-state index contributed by atoms with van der Waals surface area (Å²) in [5.74, 6) is 2.83. The zero-order valence-corrected chi connectivity index (χ0v) is 18.8. The Balaban J connectivity index is 2.43. The number of furan rings is 1. The van der Waals surface area contributed by atoms with Crippen LogP contribution >= 0.6 is 0 Å². The molecule has 0 saturated carbocycles. The van der Waals surface area contributed by atoms with Gasteiger partial charge in [0, 0.05) is 34.6 Å². The van der Waals surface area contributed by atoms with Gasteiger partial charge >= 0.3 is 0 Å². The lowest BCUT2D eigenvalue weighted by atomic mass is 9.91. The van der Waals surface area contributed by atoms with Gasteiger partial charge in [0.1, 0.15) is 11.5 Å². The van der Waals surface area contributed by atoms with E-state index in [0.717, 1.165) is 41.9 Å². The summed E-state index contributed by atoms with van der Waals surface area (Å²) in [5, 5.41) is 1.30. The molecule has 0 saturated heterocycles. The average Bonchev–Trinajstić information content (AvgIpc) is 2.96. The van der Waals surface area contributed by atoms with Gasteiger partial charge in [-0.2, -0.15) is 0 Å². The van der Waals surface area contributed by atoms with E-state index < -0.39 is 9.84 Å². The molecular formula is C24H34O3S. The third-order valence-electron chi connectivity index (χ3n) is 4.88. The Labute approximate surface area is 170 Å². The number of rotatable bonds is 9. The third-order valence-corrected chi connectivity index (χ3v) is 5.51. The topological polar surface area (TPSA) is 47.3 Å². The van der Waals surface area contributed by atoms with Crippen molar-refractivity contribution in [1.82, 2.24) is 0 Å². The second kappa shape index (κ2) is 9.60. The quantitative estimate of drug-likeness (QED) is 0.491. The van der Waals surface area contributed by atoms with Crippen molar-refractivity contribution in [3.63, 3.8) is 0 Å². The van der Waals surface area contributed by atoms with Crippen molar-refractivity contribution in [1.29, 1.82) is 0 Å². The van der Waals surface area contributed by atoms with Crippen molar-refractivity contribution >= 4 is 15.9 Å². The van der Waals surface area contributed by atoms with Gasteiger partial charge in [-0.25, -0.2) is 8.42 Å². The first-order chi connectivity index (χ1) is 13.1. The van der Waals surface area contributed by atoms with Crippen LogP contribution in [0, 0.1) is 5.92 Å². The summed E-state index contributed by atoms with van der Waals surface area (Å²) >= 11 is 0. The zero-order valence-electron chi connectivity index (χ0n) is 18.0. The molecule has 3 nitrogen and oxygen atoms in total. The second-order valence-electron chi connectivity index (χ2n) is 8.53. The lowest BCUT2D eigenvalue weighted by Gasteiger charge is -2.11. The maximum Gasteiger partial charge on any atom is 0.168 e. The van der Waals surface area contributed by atoms with Gasteiger partial charge in [0.25, 0.3) is 0 Å². The fraction of sp³-hybridized carbons (Fsp3) is 0.500. The summed E-state index contributed by atoms with van der Waals surface area (Å²) in [5.41, 5.74) is 3.43. The predicted molar refractivity (Wildman–Crippen MR) is 118 cm³/mol.